The number of amides is 1. The predicted octanol–water partition coefficient (Wildman–Crippen LogP) is 3.61. The molecular weight excluding hydrogens is 356 g/mol. The Kier molecular flexibility index (Phi) is 5.53. The number of likely N-dealkylation sites (tertiary alicyclic amines) is 1. The van der Waals surface area contributed by atoms with Crippen molar-refractivity contribution in [2.24, 2.45) is 0 Å². The molecule has 1 fully saturated rings. The van der Waals surface area contributed by atoms with Gasteiger partial charge in [-0.3, -0.25) is 9.69 Å². The Bertz CT molecular complexity index is 922. The Morgan fingerprint density at radius 3 is 2.74 bits per heavy atom. The number of nitrogens with one attached hydrogen (secondary N) is 1. The number of hydrogen-bond acceptors (Lipinski definition) is 4. The number of fused-ring (bicyclic) bond motifs is 1. The second-order valence-electron chi connectivity index (χ2n) is 7.03. The average Bonchev–Trinajstić information content (AvgIpc) is 3.31. The third kappa shape index (κ3) is 3.90. The van der Waals surface area contributed by atoms with E-state index >= 15 is 0 Å². The van der Waals surface area contributed by atoms with Crippen molar-refractivity contribution in [1.82, 2.24) is 10.2 Å². The van der Waals surface area contributed by atoms with Gasteiger partial charge in [-0.1, -0.05) is 48.5 Å². The number of rotatable bonds is 6. The van der Waals surface area contributed by atoms with Crippen molar-refractivity contribution >= 4 is 27.3 Å². The van der Waals surface area contributed by atoms with E-state index in [-0.39, 0.29) is 19.1 Å². The Morgan fingerprint density at radius 1 is 1.15 bits per heavy atom. The first-order valence-corrected chi connectivity index (χ1v) is 10.2. The van der Waals surface area contributed by atoms with E-state index in [1.165, 1.54) is 16.5 Å². The van der Waals surface area contributed by atoms with Crippen LogP contribution in [0.1, 0.15) is 33.1 Å². The summed E-state index contributed by atoms with van der Waals surface area (Å²) in [5.41, 5.74) is 2.51. The number of carbonyl (C=O) groups is 1. The molecule has 1 unspecified atom stereocenters. The van der Waals surface area contributed by atoms with E-state index in [0.29, 0.717) is 5.92 Å². The standard InChI is InChI=1S/C22H24N2O2S/c25-13-11-23-22(26)21-20(18-8-4-5-9-19(18)27-21)17-10-12-24(15-17)14-16-6-2-1-3-7-16/h1-9,17,25H,10-15H2,(H,23,26). The zero-order valence-corrected chi connectivity index (χ0v) is 16.0. The maximum absolute atomic E-state index is 12.7. The highest BCUT2D eigenvalue weighted by Gasteiger charge is 2.30. The van der Waals surface area contributed by atoms with Crippen molar-refractivity contribution in [2.45, 2.75) is 18.9 Å². The van der Waals surface area contributed by atoms with Crippen LogP contribution in [0.3, 0.4) is 0 Å². The fraction of sp³-hybridized carbons (Fsp3) is 0.318. The minimum atomic E-state index is -0.0678. The van der Waals surface area contributed by atoms with E-state index in [1.54, 1.807) is 11.3 Å². The number of benzene rings is 2. The third-order valence-electron chi connectivity index (χ3n) is 5.17. The minimum Gasteiger partial charge on any atom is -0.395 e. The highest BCUT2D eigenvalue weighted by Crippen LogP contribution is 2.40. The largest absolute Gasteiger partial charge is 0.395 e. The quantitative estimate of drug-likeness (QED) is 0.687. The molecule has 4 rings (SSSR count). The lowest BCUT2D eigenvalue weighted by molar-refractivity contribution is 0.0947. The van der Waals surface area contributed by atoms with Gasteiger partial charge in [0.05, 0.1) is 11.5 Å². The molecule has 0 aliphatic carbocycles. The first-order chi connectivity index (χ1) is 13.3. The zero-order chi connectivity index (χ0) is 18.6. The fourth-order valence-corrected chi connectivity index (χ4v) is 5.15. The molecule has 2 aromatic carbocycles. The molecule has 27 heavy (non-hydrogen) atoms. The summed E-state index contributed by atoms with van der Waals surface area (Å²) in [6.45, 7) is 3.21. The maximum Gasteiger partial charge on any atom is 0.261 e. The van der Waals surface area contributed by atoms with Gasteiger partial charge in [0.25, 0.3) is 5.91 Å². The Morgan fingerprint density at radius 2 is 1.93 bits per heavy atom. The van der Waals surface area contributed by atoms with Crippen molar-refractivity contribution in [3.8, 4) is 0 Å². The van der Waals surface area contributed by atoms with Crippen molar-refractivity contribution < 1.29 is 9.90 Å². The zero-order valence-electron chi connectivity index (χ0n) is 15.2. The molecule has 1 aromatic heterocycles. The molecule has 0 spiro atoms. The van der Waals surface area contributed by atoms with Gasteiger partial charge in [-0.25, -0.2) is 0 Å². The SMILES string of the molecule is O=C(NCCO)c1sc2ccccc2c1C1CCN(Cc2ccccc2)C1. The molecule has 1 aliphatic heterocycles. The van der Waals surface area contributed by atoms with Gasteiger partial charge in [0.15, 0.2) is 0 Å². The topological polar surface area (TPSA) is 52.6 Å². The average molecular weight is 381 g/mol. The maximum atomic E-state index is 12.7. The van der Waals surface area contributed by atoms with Crippen molar-refractivity contribution in [3.05, 3.63) is 70.6 Å². The first-order valence-electron chi connectivity index (χ1n) is 9.43. The highest BCUT2D eigenvalue weighted by atomic mass is 32.1. The number of aliphatic hydroxyl groups excluding tert-OH is 1. The normalized spacial score (nSPS) is 17.4. The van der Waals surface area contributed by atoms with Crippen molar-refractivity contribution in [2.75, 3.05) is 26.2 Å². The van der Waals surface area contributed by atoms with Crippen LogP contribution in [-0.4, -0.2) is 42.2 Å². The number of aliphatic hydroxyl groups is 1. The molecule has 1 atom stereocenters. The van der Waals surface area contributed by atoms with Gasteiger partial charge < -0.3 is 10.4 Å². The predicted molar refractivity (Wildman–Crippen MR) is 110 cm³/mol. The summed E-state index contributed by atoms with van der Waals surface area (Å²) in [4.78, 5) is 16.0. The molecular formula is C22H24N2O2S. The second kappa shape index (κ2) is 8.21. The van der Waals surface area contributed by atoms with Crippen molar-refractivity contribution in [3.63, 3.8) is 0 Å². The number of hydrogen-bond donors (Lipinski definition) is 2. The molecule has 0 bridgehead atoms. The van der Waals surface area contributed by atoms with E-state index in [9.17, 15) is 4.79 Å². The lowest BCUT2D eigenvalue weighted by Crippen LogP contribution is -2.27. The fourth-order valence-electron chi connectivity index (χ4n) is 3.94. The van der Waals surface area contributed by atoms with Crippen LogP contribution in [0.2, 0.25) is 0 Å². The van der Waals surface area contributed by atoms with E-state index in [4.69, 9.17) is 5.11 Å². The van der Waals surface area contributed by atoms with Crippen LogP contribution in [-0.2, 0) is 6.54 Å². The lowest BCUT2D eigenvalue weighted by atomic mass is 9.95. The van der Waals surface area contributed by atoms with Gasteiger partial charge in [0.2, 0.25) is 0 Å². The lowest BCUT2D eigenvalue weighted by Gasteiger charge is -2.17. The summed E-state index contributed by atoms with van der Waals surface area (Å²) in [7, 11) is 0. The van der Waals surface area contributed by atoms with Crippen LogP contribution in [0.4, 0.5) is 0 Å². The van der Waals surface area contributed by atoms with E-state index in [2.05, 4.69) is 46.6 Å². The monoisotopic (exact) mass is 380 g/mol. The number of thiophene rings is 1. The highest BCUT2D eigenvalue weighted by molar-refractivity contribution is 7.21. The van der Waals surface area contributed by atoms with Crippen LogP contribution >= 0.6 is 11.3 Å². The minimum absolute atomic E-state index is 0.0414. The second-order valence-corrected chi connectivity index (χ2v) is 8.08. The van der Waals surface area contributed by atoms with Crippen LogP contribution in [0.5, 0.6) is 0 Å². The Labute approximate surface area is 163 Å². The summed E-state index contributed by atoms with van der Waals surface area (Å²) in [6, 6.07) is 18.8. The molecule has 0 radical (unpaired) electrons. The van der Waals surface area contributed by atoms with Gasteiger partial charge in [0.1, 0.15) is 0 Å². The number of carbonyl (C=O) groups excluding carboxylic acids is 1. The molecule has 1 amide bonds. The smallest absolute Gasteiger partial charge is 0.261 e. The van der Waals surface area contributed by atoms with Gasteiger partial charge in [-0.15, -0.1) is 11.3 Å². The van der Waals surface area contributed by atoms with E-state index < -0.39 is 0 Å². The van der Waals surface area contributed by atoms with Gasteiger partial charge >= 0.3 is 0 Å². The first kappa shape index (κ1) is 18.2. The van der Waals surface area contributed by atoms with Crippen LogP contribution in [0.15, 0.2) is 54.6 Å². The van der Waals surface area contributed by atoms with Crippen molar-refractivity contribution in [1.29, 1.82) is 0 Å². The summed E-state index contributed by atoms with van der Waals surface area (Å²) >= 11 is 1.56. The number of nitrogens with zero attached hydrogens (tertiary/aromatic N) is 1. The molecule has 140 valence electrons. The Hall–Kier alpha value is -2.21. The van der Waals surface area contributed by atoms with Gasteiger partial charge in [0, 0.05) is 30.3 Å². The molecule has 1 saturated heterocycles. The van der Waals surface area contributed by atoms with E-state index in [0.717, 1.165) is 35.6 Å². The molecule has 1 aliphatic rings. The molecule has 3 aromatic rings. The molecule has 2 heterocycles. The molecule has 0 saturated carbocycles. The molecule has 5 heteroatoms. The van der Waals surface area contributed by atoms with Crippen LogP contribution < -0.4 is 5.32 Å². The summed E-state index contributed by atoms with van der Waals surface area (Å²) in [5.74, 6) is 0.293. The van der Waals surface area contributed by atoms with Crippen LogP contribution in [0, 0.1) is 0 Å². The summed E-state index contributed by atoms with van der Waals surface area (Å²) in [6.07, 6.45) is 1.06. The van der Waals surface area contributed by atoms with Gasteiger partial charge in [-0.2, -0.15) is 0 Å². The van der Waals surface area contributed by atoms with Gasteiger partial charge in [-0.05, 0) is 35.5 Å². The third-order valence-corrected chi connectivity index (χ3v) is 6.35. The van der Waals surface area contributed by atoms with E-state index in [1.807, 2.05) is 18.2 Å². The summed E-state index contributed by atoms with van der Waals surface area (Å²) in [5, 5.41) is 13.1. The Balaban J connectivity index is 1.60. The summed E-state index contributed by atoms with van der Waals surface area (Å²) < 4.78 is 1.16. The molecule has 2 N–H and O–H groups in total. The van der Waals surface area contributed by atoms with Crippen LogP contribution in [0.25, 0.3) is 10.1 Å². The molecule has 4 nitrogen and oxygen atoms in total.